The van der Waals surface area contributed by atoms with Gasteiger partial charge in [-0.2, -0.15) is 0 Å². The molecule has 1 saturated carbocycles. The van der Waals surface area contributed by atoms with Crippen LogP contribution in [0.25, 0.3) is 21.5 Å². The third-order valence-corrected chi connectivity index (χ3v) is 6.47. The van der Waals surface area contributed by atoms with Gasteiger partial charge in [-0.25, -0.2) is 0 Å². The summed E-state index contributed by atoms with van der Waals surface area (Å²) in [6.45, 7) is 2.44. The zero-order chi connectivity index (χ0) is 18.2. The standard InChI is InChI=1S/C27H26/c1-19-16-22(26-14-6-10-20-8-2-4-12-24(20)26)18-23(17-19)27-15-7-11-21-9-3-5-13-25(21)27/h2-15,19,22-23H,16-18H2,1H3. The Hall–Kier alpha value is -2.60. The molecule has 0 N–H and O–H groups in total. The Morgan fingerprint density at radius 2 is 0.963 bits per heavy atom. The molecule has 2 atom stereocenters. The van der Waals surface area contributed by atoms with E-state index in [1.54, 1.807) is 11.1 Å². The summed E-state index contributed by atoms with van der Waals surface area (Å²) in [6.07, 6.45) is 3.86. The first-order valence-corrected chi connectivity index (χ1v) is 10.2. The Bertz CT molecular complexity index is 993. The molecule has 2 unspecified atom stereocenters. The van der Waals surface area contributed by atoms with Crippen LogP contribution in [0.2, 0.25) is 0 Å². The van der Waals surface area contributed by atoms with Gasteiger partial charge in [0.05, 0.1) is 0 Å². The lowest BCUT2D eigenvalue weighted by Gasteiger charge is -2.35. The third kappa shape index (κ3) is 3.04. The van der Waals surface area contributed by atoms with Crippen LogP contribution in [-0.2, 0) is 0 Å². The highest BCUT2D eigenvalue weighted by Gasteiger charge is 2.30. The lowest BCUT2D eigenvalue weighted by Crippen LogP contribution is -2.19. The molecule has 4 aromatic carbocycles. The first kappa shape index (κ1) is 16.6. The number of hydrogen-bond donors (Lipinski definition) is 0. The van der Waals surface area contributed by atoms with Crippen molar-refractivity contribution in [1.29, 1.82) is 0 Å². The van der Waals surface area contributed by atoms with Crippen LogP contribution < -0.4 is 0 Å². The highest BCUT2D eigenvalue weighted by molar-refractivity contribution is 5.87. The zero-order valence-corrected chi connectivity index (χ0v) is 15.9. The molecular weight excluding hydrogens is 324 g/mol. The minimum Gasteiger partial charge on any atom is -0.0625 e. The molecule has 0 aromatic heterocycles. The maximum Gasteiger partial charge on any atom is -0.0147 e. The zero-order valence-electron chi connectivity index (χ0n) is 15.9. The van der Waals surface area contributed by atoms with Crippen LogP contribution in [0.3, 0.4) is 0 Å². The number of benzene rings is 4. The van der Waals surface area contributed by atoms with E-state index in [0.29, 0.717) is 11.8 Å². The van der Waals surface area contributed by atoms with Gasteiger partial charge in [-0.3, -0.25) is 0 Å². The van der Waals surface area contributed by atoms with E-state index in [0.717, 1.165) is 5.92 Å². The second kappa shape index (κ2) is 6.85. The van der Waals surface area contributed by atoms with Gasteiger partial charge in [0.1, 0.15) is 0 Å². The van der Waals surface area contributed by atoms with Crippen LogP contribution in [0, 0.1) is 5.92 Å². The van der Waals surface area contributed by atoms with Crippen LogP contribution in [0.1, 0.15) is 49.1 Å². The van der Waals surface area contributed by atoms with Crippen molar-refractivity contribution in [3.63, 3.8) is 0 Å². The Kier molecular flexibility index (Phi) is 4.20. The van der Waals surface area contributed by atoms with Gasteiger partial charge in [0.15, 0.2) is 0 Å². The molecule has 27 heavy (non-hydrogen) atoms. The lowest BCUT2D eigenvalue weighted by molar-refractivity contribution is 0.309. The van der Waals surface area contributed by atoms with Gasteiger partial charge in [-0.1, -0.05) is 91.9 Å². The average Bonchev–Trinajstić information content (AvgIpc) is 2.72. The van der Waals surface area contributed by atoms with Crippen LogP contribution in [0.4, 0.5) is 0 Å². The van der Waals surface area contributed by atoms with Gasteiger partial charge >= 0.3 is 0 Å². The molecule has 1 aliphatic carbocycles. The van der Waals surface area contributed by atoms with Gasteiger partial charge in [0.25, 0.3) is 0 Å². The van der Waals surface area contributed by atoms with Crippen molar-refractivity contribution in [2.24, 2.45) is 5.92 Å². The van der Waals surface area contributed by atoms with Crippen molar-refractivity contribution < 1.29 is 0 Å². The first-order chi connectivity index (χ1) is 13.3. The predicted molar refractivity (Wildman–Crippen MR) is 116 cm³/mol. The summed E-state index contributed by atoms with van der Waals surface area (Å²) in [6, 6.07) is 31.4. The van der Waals surface area contributed by atoms with Gasteiger partial charge in [-0.05, 0) is 69.7 Å². The molecule has 4 aromatic rings. The summed E-state index contributed by atoms with van der Waals surface area (Å²) in [7, 11) is 0. The van der Waals surface area contributed by atoms with Crippen molar-refractivity contribution in [3.8, 4) is 0 Å². The summed E-state index contributed by atoms with van der Waals surface area (Å²) in [5.74, 6) is 2.04. The topological polar surface area (TPSA) is 0 Å². The summed E-state index contributed by atoms with van der Waals surface area (Å²) < 4.78 is 0. The lowest BCUT2D eigenvalue weighted by atomic mass is 9.70. The molecule has 0 heterocycles. The van der Waals surface area contributed by atoms with Crippen molar-refractivity contribution in [3.05, 3.63) is 96.1 Å². The largest absolute Gasteiger partial charge is 0.0625 e. The molecule has 0 bridgehead atoms. The molecule has 0 aliphatic heterocycles. The first-order valence-electron chi connectivity index (χ1n) is 10.2. The fourth-order valence-electron chi connectivity index (χ4n) is 5.32. The molecule has 0 amide bonds. The monoisotopic (exact) mass is 350 g/mol. The summed E-state index contributed by atoms with van der Waals surface area (Å²) in [5, 5.41) is 5.62. The number of rotatable bonds is 2. The third-order valence-electron chi connectivity index (χ3n) is 6.47. The minimum atomic E-state index is 0.642. The van der Waals surface area contributed by atoms with Crippen molar-refractivity contribution in [2.45, 2.75) is 38.0 Å². The molecule has 1 aliphatic rings. The fraction of sp³-hybridized carbons (Fsp3) is 0.259. The molecule has 5 rings (SSSR count). The van der Waals surface area contributed by atoms with Gasteiger partial charge in [0, 0.05) is 0 Å². The average molecular weight is 351 g/mol. The minimum absolute atomic E-state index is 0.642. The van der Waals surface area contributed by atoms with E-state index in [4.69, 9.17) is 0 Å². The highest BCUT2D eigenvalue weighted by atomic mass is 14.3. The SMILES string of the molecule is CC1CC(c2cccc3ccccc23)CC(c2cccc3ccccc23)C1. The molecule has 1 fully saturated rings. The molecule has 0 spiro atoms. The molecular formula is C27H26. The summed E-state index contributed by atoms with van der Waals surface area (Å²) in [4.78, 5) is 0. The van der Waals surface area contributed by atoms with Crippen molar-refractivity contribution >= 4 is 21.5 Å². The quantitative estimate of drug-likeness (QED) is 0.348. The maximum atomic E-state index is 2.44. The highest BCUT2D eigenvalue weighted by Crippen LogP contribution is 2.46. The van der Waals surface area contributed by atoms with Crippen LogP contribution in [-0.4, -0.2) is 0 Å². The maximum absolute atomic E-state index is 2.44. The molecule has 0 nitrogen and oxygen atoms in total. The predicted octanol–water partition coefficient (Wildman–Crippen LogP) is 7.68. The molecule has 0 saturated heterocycles. The normalized spacial score (nSPS) is 22.9. The van der Waals surface area contributed by atoms with Crippen LogP contribution in [0.5, 0.6) is 0 Å². The molecule has 0 radical (unpaired) electrons. The summed E-state index contributed by atoms with van der Waals surface area (Å²) in [5.41, 5.74) is 3.09. The van der Waals surface area contributed by atoms with Gasteiger partial charge < -0.3 is 0 Å². The molecule has 0 heteroatoms. The van der Waals surface area contributed by atoms with Gasteiger partial charge in [0.2, 0.25) is 0 Å². The van der Waals surface area contributed by atoms with E-state index in [2.05, 4.69) is 91.9 Å². The number of fused-ring (bicyclic) bond motifs is 2. The van der Waals surface area contributed by atoms with Crippen LogP contribution in [0.15, 0.2) is 84.9 Å². The van der Waals surface area contributed by atoms with Gasteiger partial charge in [-0.15, -0.1) is 0 Å². The second-order valence-corrected chi connectivity index (χ2v) is 8.34. The van der Waals surface area contributed by atoms with E-state index in [1.165, 1.54) is 40.8 Å². The Balaban J connectivity index is 1.56. The Morgan fingerprint density at radius 3 is 1.48 bits per heavy atom. The second-order valence-electron chi connectivity index (χ2n) is 8.34. The molecule has 134 valence electrons. The summed E-state index contributed by atoms with van der Waals surface area (Å²) >= 11 is 0. The Morgan fingerprint density at radius 1 is 0.519 bits per heavy atom. The van der Waals surface area contributed by atoms with Crippen LogP contribution >= 0.6 is 0 Å². The van der Waals surface area contributed by atoms with E-state index in [-0.39, 0.29) is 0 Å². The van der Waals surface area contributed by atoms with E-state index in [9.17, 15) is 0 Å². The van der Waals surface area contributed by atoms with E-state index < -0.39 is 0 Å². The fourth-order valence-corrected chi connectivity index (χ4v) is 5.32. The van der Waals surface area contributed by atoms with Crippen molar-refractivity contribution in [1.82, 2.24) is 0 Å². The smallest absolute Gasteiger partial charge is 0.0147 e. The van der Waals surface area contributed by atoms with E-state index in [1.807, 2.05) is 0 Å². The Labute approximate surface area is 161 Å². The van der Waals surface area contributed by atoms with Crippen molar-refractivity contribution in [2.75, 3.05) is 0 Å². The number of hydrogen-bond acceptors (Lipinski definition) is 0. The van der Waals surface area contributed by atoms with E-state index >= 15 is 0 Å².